The number of anilines is 1. The molecule has 0 amide bonds. The number of phosphoric acid groups is 1. The standard InChI is InChI=1S/C10H12N5O7P.Na/c11-10-13-7-4(8(17)14-10)12-2-15(7)9-5(16)6-3(21-9)1-20-23(18,19)22-6;/h2-3,5-6,9,16H,1H2,(H,18,19)(H3,11,13,14,17);/q;+1/p-1/t3?,5?,6-,9+;/m0./s1. The minimum Gasteiger partial charge on any atom is -0.756 e. The molecule has 4 N–H and O–H groups in total. The average Bonchev–Trinajstić information content (AvgIpc) is 3.00. The topological polar surface area (TPSA) is 178 Å². The predicted molar refractivity (Wildman–Crippen MR) is 70.9 cm³/mol. The fraction of sp³-hybridized carbons (Fsp3) is 0.500. The van der Waals surface area contributed by atoms with Gasteiger partial charge in [-0.15, -0.1) is 0 Å². The van der Waals surface area contributed by atoms with Crippen LogP contribution in [0.25, 0.3) is 11.2 Å². The van der Waals surface area contributed by atoms with Crippen LogP contribution in [0.15, 0.2) is 11.1 Å². The maximum Gasteiger partial charge on any atom is 1.00 e. The quantitative estimate of drug-likeness (QED) is 0.326. The van der Waals surface area contributed by atoms with Gasteiger partial charge in [-0.1, -0.05) is 0 Å². The molecular formula is C10H11N5NaO7P. The molecule has 4 heterocycles. The third-order valence-electron chi connectivity index (χ3n) is 3.68. The van der Waals surface area contributed by atoms with Crippen LogP contribution in [-0.4, -0.2) is 49.5 Å². The molecule has 3 unspecified atom stereocenters. The maximum absolute atomic E-state index is 11.8. The summed E-state index contributed by atoms with van der Waals surface area (Å²) < 4.78 is 27.5. The Labute approximate surface area is 155 Å². The van der Waals surface area contributed by atoms with Crippen LogP contribution in [0.5, 0.6) is 0 Å². The number of aromatic amines is 1. The molecule has 2 aromatic heterocycles. The van der Waals surface area contributed by atoms with Crippen LogP contribution < -0.4 is 45.7 Å². The fourth-order valence-corrected chi connectivity index (χ4v) is 3.64. The van der Waals surface area contributed by atoms with E-state index in [1.54, 1.807) is 0 Å². The van der Waals surface area contributed by atoms with Crippen LogP contribution in [0.1, 0.15) is 6.23 Å². The van der Waals surface area contributed by atoms with Gasteiger partial charge in [-0.25, -0.2) is 4.98 Å². The first-order valence-corrected chi connectivity index (χ1v) is 8.01. The second-order valence-corrected chi connectivity index (χ2v) is 6.51. The molecule has 0 aliphatic carbocycles. The second-order valence-electron chi connectivity index (χ2n) is 5.14. The first-order chi connectivity index (χ1) is 10.9. The van der Waals surface area contributed by atoms with Gasteiger partial charge in [0, 0.05) is 0 Å². The predicted octanol–water partition coefficient (Wildman–Crippen LogP) is -5.15. The van der Waals surface area contributed by atoms with E-state index in [4.69, 9.17) is 15.0 Å². The van der Waals surface area contributed by atoms with Crippen molar-refractivity contribution in [3.63, 3.8) is 0 Å². The number of ether oxygens (including phenoxy) is 1. The summed E-state index contributed by atoms with van der Waals surface area (Å²) in [7, 11) is -4.47. The van der Waals surface area contributed by atoms with Crippen LogP contribution in [0.3, 0.4) is 0 Å². The number of nitrogens with one attached hydrogen (secondary N) is 1. The number of aliphatic hydroxyl groups excluding tert-OH is 1. The van der Waals surface area contributed by atoms with Crippen LogP contribution in [0.4, 0.5) is 5.95 Å². The molecule has 24 heavy (non-hydrogen) atoms. The summed E-state index contributed by atoms with van der Waals surface area (Å²) in [5.74, 6) is -0.127. The maximum atomic E-state index is 11.8. The van der Waals surface area contributed by atoms with Gasteiger partial charge in [-0.05, 0) is 0 Å². The van der Waals surface area contributed by atoms with Gasteiger partial charge in [-0.2, -0.15) is 4.98 Å². The van der Waals surface area contributed by atoms with Gasteiger partial charge in [0.2, 0.25) is 5.95 Å². The zero-order chi connectivity index (χ0) is 16.4. The molecule has 0 aromatic carbocycles. The molecule has 0 radical (unpaired) electrons. The Morgan fingerprint density at radius 1 is 1.54 bits per heavy atom. The molecular weight excluding hydrogens is 356 g/mol. The van der Waals surface area contributed by atoms with Crippen LogP contribution >= 0.6 is 7.82 Å². The zero-order valence-electron chi connectivity index (χ0n) is 12.4. The molecule has 5 atom stereocenters. The van der Waals surface area contributed by atoms with Gasteiger partial charge in [0.1, 0.15) is 18.3 Å². The minimum atomic E-state index is -4.47. The van der Waals surface area contributed by atoms with E-state index in [1.165, 1.54) is 10.9 Å². The zero-order valence-corrected chi connectivity index (χ0v) is 15.3. The summed E-state index contributed by atoms with van der Waals surface area (Å²) >= 11 is 0. The minimum absolute atomic E-state index is 0. The number of hydrogen-bond donors (Lipinski definition) is 3. The summed E-state index contributed by atoms with van der Waals surface area (Å²) in [6.07, 6.45) is -3.04. The van der Waals surface area contributed by atoms with Crippen molar-refractivity contribution >= 4 is 24.9 Å². The Morgan fingerprint density at radius 2 is 2.29 bits per heavy atom. The molecule has 2 fully saturated rings. The normalized spacial score (nSPS) is 35.6. The number of aliphatic hydroxyl groups is 1. The number of phosphoric ester groups is 1. The van der Waals surface area contributed by atoms with Crippen molar-refractivity contribution in [2.75, 3.05) is 12.3 Å². The molecule has 2 aromatic rings. The first kappa shape index (κ1) is 18.0. The van der Waals surface area contributed by atoms with Gasteiger partial charge in [0.05, 0.1) is 12.9 Å². The Hall–Kier alpha value is -0.820. The molecule has 124 valence electrons. The van der Waals surface area contributed by atoms with Gasteiger partial charge in [0.25, 0.3) is 13.4 Å². The number of nitrogen functional groups attached to an aromatic ring is 1. The van der Waals surface area contributed by atoms with E-state index < -0.39 is 37.9 Å². The Morgan fingerprint density at radius 3 is 3.04 bits per heavy atom. The smallest absolute Gasteiger partial charge is 0.756 e. The molecule has 14 heteroatoms. The van der Waals surface area contributed by atoms with Crippen molar-refractivity contribution < 1.29 is 57.9 Å². The fourth-order valence-electron chi connectivity index (χ4n) is 2.69. The Kier molecular flexibility index (Phi) is 4.62. The number of imidazole rings is 1. The molecule has 12 nitrogen and oxygen atoms in total. The van der Waals surface area contributed by atoms with Crippen LogP contribution in [0.2, 0.25) is 0 Å². The van der Waals surface area contributed by atoms with Crippen molar-refractivity contribution in [1.29, 1.82) is 0 Å². The summed E-state index contributed by atoms with van der Waals surface area (Å²) in [6.45, 7) is -0.276. The Balaban J connectivity index is 0.00000169. The van der Waals surface area contributed by atoms with Crippen molar-refractivity contribution in [1.82, 2.24) is 19.5 Å². The molecule has 0 bridgehead atoms. The van der Waals surface area contributed by atoms with Gasteiger partial charge >= 0.3 is 29.6 Å². The monoisotopic (exact) mass is 367 g/mol. The molecule has 2 aliphatic rings. The number of fused-ring (bicyclic) bond motifs is 2. The number of H-pyrrole nitrogens is 1. The molecule has 2 aliphatic heterocycles. The molecule has 0 spiro atoms. The van der Waals surface area contributed by atoms with E-state index in [9.17, 15) is 19.4 Å². The van der Waals surface area contributed by atoms with E-state index in [2.05, 4.69) is 19.5 Å². The van der Waals surface area contributed by atoms with Crippen molar-refractivity contribution in [2.45, 2.75) is 24.5 Å². The molecule has 4 rings (SSSR count). The van der Waals surface area contributed by atoms with E-state index in [0.29, 0.717) is 0 Å². The third-order valence-corrected chi connectivity index (χ3v) is 4.65. The summed E-state index contributed by atoms with van der Waals surface area (Å²) in [4.78, 5) is 33.3. The Bertz CT molecular complexity index is 886. The molecule has 0 saturated carbocycles. The van der Waals surface area contributed by atoms with E-state index in [0.717, 1.165) is 0 Å². The second kappa shape index (κ2) is 6.16. The summed E-state index contributed by atoms with van der Waals surface area (Å²) in [6, 6.07) is 0. The van der Waals surface area contributed by atoms with E-state index in [-0.39, 0.29) is 53.3 Å². The summed E-state index contributed by atoms with van der Waals surface area (Å²) in [5.41, 5.74) is 5.07. The number of hydrogen-bond acceptors (Lipinski definition) is 10. The van der Waals surface area contributed by atoms with Crippen molar-refractivity contribution in [3.8, 4) is 0 Å². The van der Waals surface area contributed by atoms with Gasteiger partial charge < -0.3 is 29.5 Å². The van der Waals surface area contributed by atoms with E-state index >= 15 is 0 Å². The van der Waals surface area contributed by atoms with Crippen molar-refractivity contribution in [3.05, 3.63) is 16.7 Å². The average molecular weight is 367 g/mol. The van der Waals surface area contributed by atoms with Gasteiger partial charge in [-0.3, -0.25) is 18.9 Å². The molecule has 2 saturated heterocycles. The largest absolute Gasteiger partial charge is 1.00 e. The summed E-state index contributed by atoms with van der Waals surface area (Å²) in [5, 5.41) is 10.3. The van der Waals surface area contributed by atoms with Crippen LogP contribution in [0, 0.1) is 0 Å². The van der Waals surface area contributed by atoms with Crippen molar-refractivity contribution in [2.24, 2.45) is 0 Å². The number of aromatic nitrogens is 4. The number of nitrogens with zero attached hydrogens (tertiary/aromatic N) is 3. The first-order valence-electron chi connectivity index (χ1n) is 6.55. The van der Waals surface area contributed by atoms with E-state index in [1.807, 2.05) is 0 Å². The van der Waals surface area contributed by atoms with Gasteiger partial charge in [0.15, 0.2) is 17.4 Å². The number of rotatable bonds is 1. The SMILES string of the molecule is Nc1nc2c(ncn2[C@@H]2OC3COP(=O)([O-])O[C@@H]3C2O)c(=O)[nH]1.[Na+]. The number of nitrogens with two attached hydrogens (primary N) is 1. The van der Waals surface area contributed by atoms with Crippen LogP contribution in [-0.2, 0) is 18.3 Å². The third kappa shape index (κ3) is 2.83.